The molecule has 1 rings (SSSR count). The van der Waals surface area contributed by atoms with Crippen LogP contribution >= 0.6 is 0 Å². The largest absolute Gasteiger partial charge is 0.497 e. The summed E-state index contributed by atoms with van der Waals surface area (Å²) in [6.45, 7) is 7.28. The van der Waals surface area contributed by atoms with Crippen molar-refractivity contribution in [1.29, 1.82) is 0 Å². The van der Waals surface area contributed by atoms with Gasteiger partial charge in [-0.05, 0) is 37.5 Å². The lowest BCUT2D eigenvalue weighted by Gasteiger charge is -2.29. The summed E-state index contributed by atoms with van der Waals surface area (Å²) < 4.78 is 5.15. The summed E-state index contributed by atoms with van der Waals surface area (Å²) in [4.78, 5) is 0. The maximum Gasteiger partial charge on any atom is 0.118 e. The zero-order chi connectivity index (χ0) is 13.4. The molecule has 0 heterocycles. The smallest absolute Gasteiger partial charge is 0.118 e. The molecule has 0 aliphatic rings. The third-order valence-electron chi connectivity index (χ3n) is 3.25. The molecule has 18 heavy (non-hydrogen) atoms. The van der Waals surface area contributed by atoms with Crippen LogP contribution in [0.25, 0.3) is 0 Å². The van der Waals surface area contributed by atoms with E-state index in [9.17, 15) is 0 Å². The molecule has 0 radical (unpaired) electrons. The first-order valence-electron chi connectivity index (χ1n) is 6.32. The van der Waals surface area contributed by atoms with E-state index in [-0.39, 0.29) is 5.54 Å². The Labute approximate surface area is 110 Å². The van der Waals surface area contributed by atoms with Crippen LogP contribution in [0.4, 0.5) is 0 Å². The van der Waals surface area contributed by atoms with Crippen molar-refractivity contribution in [2.75, 3.05) is 20.2 Å². The van der Waals surface area contributed by atoms with Crippen LogP contribution in [0.5, 0.6) is 5.75 Å². The zero-order valence-corrected chi connectivity index (χ0v) is 11.4. The van der Waals surface area contributed by atoms with Gasteiger partial charge in [-0.1, -0.05) is 18.2 Å². The van der Waals surface area contributed by atoms with Crippen LogP contribution in [-0.4, -0.2) is 25.7 Å². The highest BCUT2D eigenvalue weighted by Crippen LogP contribution is 2.16. The number of benzene rings is 1. The summed E-state index contributed by atoms with van der Waals surface area (Å²) in [6.07, 6.45) is 3.87. The van der Waals surface area contributed by atoms with Crippen LogP contribution in [0.2, 0.25) is 0 Å². The van der Waals surface area contributed by atoms with Gasteiger partial charge < -0.3 is 15.8 Å². The van der Waals surface area contributed by atoms with Crippen molar-refractivity contribution in [2.24, 2.45) is 5.73 Å². The summed E-state index contributed by atoms with van der Waals surface area (Å²) in [7, 11) is 1.68. The number of ether oxygens (including phenoxy) is 1. The minimum atomic E-state index is -0.0336. The molecule has 3 heteroatoms. The molecule has 0 aliphatic carbocycles. The molecule has 0 saturated carbocycles. The van der Waals surface area contributed by atoms with Crippen LogP contribution in [0, 0.1) is 0 Å². The molecule has 1 aromatic rings. The van der Waals surface area contributed by atoms with Gasteiger partial charge in [-0.2, -0.15) is 0 Å². The average molecular weight is 248 g/mol. The normalized spacial score (nSPS) is 13.9. The van der Waals surface area contributed by atoms with Crippen molar-refractivity contribution < 1.29 is 4.74 Å². The lowest BCUT2D eigenvalue weighted by molar-refractivity contribution is 0.354. The van der Waals surface area contributed by atoms with E-state index >= 15 is 0 Å². The Kier molecular flexibility index (Phi) is 5.89. The van der Waals surface area contributed by atoms with Crippen LogP contribution in [-0.2, 0) is 6.42 Å². The first-order chi connectivity index (χ1) is 8.63. The van der Waals surface area contributed by atoms with E-state index in [4.69, 9.17) is 10.5 Å². The maximum atomic E-state index is 5.84. The number of rotatable bonds is 8. The number of hydrogen-bond acceptors (Lipinski definition) is 3. The fraction of sp³-hybridized carbons (Fsp3) is 0.467. The summed E-state index contributed by atoms with van der Waals surface area (Å²) in [5.41, 5.74) is 7.11. The maximum absolute atomic E-state index is 5.84. The van der Waals surface area contributed by atoms with Gasteiger partial charge in [0.1, 0.15) is 5.75 Å². The van der Waals surface area contributed by atoms with Crippen LogP contribution in [0.15, 0.2) is 36.9 Å². The molecule has 1 unspecified atom stereocenters. The van der Waals surface area contributed by atoms with Gasteiger partial charge in [0.05, 0.1) is 7.11 Å². The van der Waals surface area contributed by atoms with Crippen LogP contribution < -0.4 is 15.8 Å². The van der Waals surface area contributed by atoms with Crippen molar-refractivity contribution in [1.82, 2.24) is 5.32 Å². The Morgan fingerprint density at radius 1 is 1.39 bits per heavy atom. The molecule has 0 fully saturated rings. The Bertz CT molecular complexity index is 361. The number of nitrogens with two attached hydrogens (primary N) is 1. The standard InChI is InChI=1S/C15H24N2O/c1-4-11-17-15(2,12-16)10-9-13-5-7-14(18-3)8-6-13/h4-8,17H,1,9-12,16H2,2-3H3. The van der Waals surface area contributed by atoms with Crippen molar-refractivity contribution >= 4 is 0 Å². The van der Waals surface area contributed by atoms with E-state index in [1.807, 2.05) is 18.2 Å². The molecule has 0 aliphatic heterocycles. The van der Waals surface area contributed by atoms with Gasteiger partial charge in [-0.25, -0.2) is 0 Å². The van der Waals surface area contributed by atoms with Gasteiger partial charge >= 0.3 is 0 Å². The lowest BCUT2D eigenvalue weighted by atomic mass is 9.93. The molecule has 0 spiro atoms. The molecule has 1 aromatic carbocycles. The molecule has 0 amide bonds. The van der Waals surface area contributed by atoms with Gasteiger partial charge in [0.2, 0.25) is 0 Å². The fourth-order valence-electron chi connectivity index (χ4n) is 1.79. The Balaban J connectivity index is 2.53. The number of nitrogens with one attached hydrogen (secondary N) is 1. The van der Waals surface area contributed by atoms with Crippen molar-refractivity contribution in [3.8, 4) is 5.75 Å². The lowest BCUT2D eigenvalue weighted by Crippen LogP contribution is -2.49. The van der Waals surface area contributed by atoms with Gasteiger partial charge in [-0.15, -0.1) is 6.58 Å². The highest BCUT2D eigenvalue weighted by Gasteiger charge is 2.20. The first kappa shape index (κ1) is 14.7. The van der Waals surface area contributed by atoms with E-state index in [1.165, 1.54) is 5.56 Å². The molecule has 1 atom stereocenters. The van der Waals surface area contributed by atoms with Crippen molar-refractivity contribution in [3.05, 3.63) is 42.5 Å². The fourth-order valence-corrected chi connectivity index (χ4v) is 1.79. The molecule has 0 aromatic heterocycles. The molecule has 0 saturated heterocycles. The Morgan fingerprint density at radius 3 is 2.56 bits per heavy atom. The number of hydrogen-bond donors (Lipinski definition) is 2. The Morgan fingerprint density at radius 2 is 2.06 bits per heavy atom. The van der Waals surface area contributed by atoms with Crippen molar-refractivity contribution in [3.63, 3.8) is 0 Å². The highest BCUT2D eigenvalue weighted by molar-refractivity contribution is 5.27. The van der Waals surface area contributed by atoms with Crippen LogP contribution in [0.3, 0.4) is 0 Å². The SMILES string of the molecule is C=CCNC(C)(CN)CCc1ccc(OC)cc1. The third-order valence-corrected chi connectivity index (χ3v) is 3.25. The first-order valence-corrected chi connectivity index (χ1v) is 6.32. The van der Waals surface area contributed by atoms with E-state index in [0.29, 0.717) is 6.54 Å². The predicted octanol–water partition coefficient (Wildman–Crippen LogP) is 2.12. The van der Waals surface area contributed by atoms with E-state index in [0.717, 1.165) is 25.1 Å². The zero-order valence-electron chi connectivity index (χ0n) is 11.4. The molecule has 3 N–H and O–H groups in total. The number of methoxy groups -OCH3 is 1. The van der Waals surface area contributed by atoms with Crippen LogP contribution in [0.1, 0.15) is 18.9 Å². The summed E-state index contributed by atoms with van der Waals surface area (Å²) >= 11 is 0. The quantitative estimate of drug-likeness (QED) is 0.693. The molecule has 0 bridgehead atoms. The second kappa shape index (κ2) is 7.19. The summed E-state index contributed by atoms with van der Waals surface area (Å²) in [6, 6.07) is 8.19. The monoisotopic (exact) mass is 248 g/mol. The van der Waals surface area contributed by atoms with Gasteiger partial charge in [0.15, 0.2) is 0 Å². The minimum absolute atomic E-state index is 0.0336. The van der Waals surface area contributed by atoms with E-state index < -0.39 is 0 Å². The number of aryl methyl sites for hydroxylation is 1. The molecule has 100 valence electrons. The second-order valence-corrected chi connectivity index (χ2v) is 4.78. The third kappa shape index (κ3) is 4.51. The average Bonchev–Trinajstić information content (AvgIpc) is 2.43. The predicted molar refractivity (Wildman–Crippen MR) is 77.0 cm³/mol. The second-order valence-electron chi connectivity index (χ2n) is 4.78. The van der Waals surface area contributed by atoms with Gasteiger partial charge in [0, 0.05) is 18.6 Å². The van der Waals surface area contributed by atoms with Crippen molar-refractivity contribution in [2.45, 2.75) is 25.3 Å². The topological polar surface area (TPSA) is 47.3 Å². The van der Waals surface area contributed by atoms with E-state index in [2.05, 4.69) is 31.0 Å². The molecular formula is C15H24N2O. The summed E-state index contributed by atoms with van der Waals surface area (Å²) in [5.74, 6) is 0.894. The molecular weight excluding hydrogens is 224 g/mol. The molecule has 3 nitrogen and oxygen atoms in total. The van der Waals surface area contributed by atoms with Gasteiger partial charge in [0.25, 0.3) is 0 Å². The highest BCUT2D eigenvalue weighted by atomic mass is 16.5. The summed E-state index contributed by atoms with van der Waals surface area (Å²) in [5, 5.41) is 3.42. The van der Waals surface area contributed by atoms with E-state index in [1.54, 1.807) is 7.11 Å². The minimum Gasteiger partial charge on any atom is -0.497 e. The Hall–Kier alpha value is -1.32. The van der Waals surface area contributed by atoms with Gasteiger partial charge in [-0.3, -0.25) is 0 Å².